The predicted octanol–water partition coefficient (Wildman–Crippen LogP) is 3.84. The Morgan fingerprint density at radius 2 is 1.96 bits per heavy atom. The van der Waals surface area contributed by atoms with Gasteiger partial charge in [0.25, 0.3) is 0 Å². The molecule has 6 nitrogen and oxygen atoms in total. The lowest BCUT2D eigenvalue weighted by Gasteiger charge is -2.16. The van der Waals surface area contributed by atoms with Gasteiger partial charge in [-0.15, -0.1) is 34.2 Å². The van der Waals surface area contributed by atoms with E-state index in [4.69, 9.17) is 4.99 Å². The van der Waals surface area contributed by atoms with Gasteiger partial charge in [-0.05, 0) is 40.8 Å². The van der Waals surface area contributed by atoms with Gasteiger partial charge in [-0.2, -0.15) is 11.3 Å². The van der Waals surface area contributed by atoms with Crippen molar-refractivity contribution in [3.8, 4) is 0 Å². The lowest BCUT2D eigenvalue weighted by Crippen LogP contribution is -2.39. The molecule has 0 fully saturated rings. The summed E-state index contributed by atoms with van der Waals surface area (Å²) in [6.07, 6.45) is 0. The lowest BCUT2D eigenvalue weighted by atomic mass is 10.1. The van der Waals surface area contributed by atoms with E-state index < -0.39 is 0 Å². The molecule has 3 rings (SSSR count). The number of benzene rings is 1. The molecule has 0 aliphatic heterocycles. The average molecular weight is 510 g/mol. The maximum atomic E-state index is 4.74. The van der Waals surface area contributed by atoms with E-state index in [1.54, 1.807) is 11.3 Å². The quantitative estimate of drug-likeness (QED) is 0.288. The lowest BCUT2D eigenvalue weighted by molar-refractivity contribution is 0.679. The number of aliphatic imine (C=N–C) groups is 1. The van der Waals surface area contributed by atoms with E-state index in [9.17, 15) is 0 Å². The molecule has 0 aliphatic rings. The summed E-state index contributed by atoms with van der Waals surface area (Å²) in [6, 6.07) is 12.4. The van der Waals surface area contributed by atoms with Crippen LogP contribution in [-0.4, -0.2) is 27.3 Å². The third-order valence-electron chi connectivity index (χ3n) is 4.55. The molecule has 3 aromatic rings. The van der Waals surface area contributed by atoms with Crippen LogP contribution in [0.15, 0.2) is 52.2 Å². The van der Waals surface area contributed by atoms with Crippen molar-refractivity contribution in [2.75, 3.05) is 6.54 Å². The molecule has 8 heteroatoms. The topological polar surface area (TPSA) is 67.1 Å². The number of rotatable bonds is 7. The van der Waals surface area contributed by atoms with Crippen molar-refractivity contribution in [2.45, 2.75) is 32.9 Å². The third-order valence-corrected chi connectivity index (χ3v) is 5.25. The Labute approximate surface area is 187 Å². The molecule has 2 aromatic heterocycles. The van der Waals surface area contributed by atoms with Crippen LogP contribution in [0.25, 0.3) is 0 Å². The standard InChI is InChI=1S/C20H26N6S.HI/c1-15(18-9-10-27-14-18)11-21-20(22-12-17-7-5-4-6-8-17)23-13-19-25-24-16(2)26(19)3;/h4-10,14-15H,11-13H2,1-3H3,(H2,21,22,23);1H. The number of halogens is 1. The Morgan fingerprint density at radius 1 is 1.18 bits per heavy atom. The highest BCUT2D eigenvalue weighted by molar-refractivity contribution is 14.0. The zero-order valence-electron chi connectivity index (χ0n) is 16.4. The molecule has 0 amide bonds. The molecular formula is C20H27IN6S. The van der Waals surface area contributed by atoms with Crippen molar-refractivity contribution in [1.82, 2.24) is 25.4 Å². The van der Waals surface area contributed by atoms with E-state index in [-0.39, 0.29) is 24.0 Å². The van der Waals surface area contributed by atoms with Gasteiger partial charge in [0.2, 0.25) is 0 Å². The van der Waals surface area contributed by atoms with Crippen molar-refractivity contribution in [2.24, 2.45) is 12.0 Å². The highest BCUT2D eigenvalue weighted by Crippen LogP contribution is 2.17. The molecule has 0 spiro atoms. The summed E-state index contributed by atoms with van der Waals surface area (Å²) < 4.78 is 1.98. The largest absolute Gasteiger partial charge is 0.356 e. The molecule has 1 atom stereocenters. The van der Waals surface area contributed by atoms with Crippen LogP contribution >= 0.6 is 35.3 Å². The zero-order valence-corrected chi connectivity index (χ0v) is 19.6. The van der Waals surface area contributed by atoms with Crippen molar-refractivity contribution in [3.63, 3.8) is 0 Å². The number of nitrogens with zero attached hydrogens (tertiary/aromatic N) is 4. The van der Waals surface area contributed by atoms with Gasteiger partial charge in [0, 0.05) is 13.6 Å². The van der Waals surface area contributed by atoms with Gasteiger partial charge < -0.3 is 15.2 Å². The first-order valence-electron chi connectivity index (χ1n) is 9.06. The molecule has 0 saturated carbocycles. The summed E-state index contributed by atoms with van der Waals surface area (Å²) in [5.41, 5.74) is 2.53. The van der Waals surface area contributed by atoms with Gasteiger partial charge in [-0.1, -0.05) is 37.3 Å². The molecule has 1 aromatic carbocycles. The van der Waals surface area contributed by atoms with Gasteiger partial charge in [0.15, 0.2) is 11.8 Å². The Kier molecular flexibility index (Phi) is 8.91. The monoisotopic (exact) mass is 510 g/mol. The minimum absolute atomic E-state index is 0. The second-order valence-electron chi connectivity index (χ2n) is 6.57. The molecule has 1 unspecified atom stereocenters. The molecule has 2 heterocycles. The van der Waals surface area contributed by atoms with E-state index in [0.29, 0.717) is 19.0 Å². The summed E-state index contributed by atoms with van der Waals surface area (Å²) in [7, 11) is 1.97. The molecular weight excluding hydrogens is 483 g/mol. The molecule has 0 saturated heterocycles. The average Bonchev–Trinajstić information content (AvgIpc) is 3.33. The van der Waals surface area contributed by atoms with E-state index in [1.807, 2.05) is 36.7 Å². The molecule has 0 aliphatic carbocycles. The van der Waals surface area contributed by atoms with E-state index >= 15 is 0 Å². The molecule has 0 bridgehead atoms. The number of nitrogens with one attached hydrogen (secondary N) is 2. The van der Waals surface area contributed by atoms with Gasteiger partial charge >= 0.3 is 0 Å². The molecule has 150 valence electrons. The Hall–Kier alpha value is -1.94. The molecule has 28 heavy (non-hydrogen) atoms. The van der Waals surface area contributed by atoms with Crippen LogP contribution < -0.4 is 10.6 Å². The second-order valence-corrected chi connectivity index (χ2v) is 7.35. The first kappa shape index (κ1) is 22.4. The molecule has 2 N–H and O–H groups in total. The van der Waals surface area contributed by atoms with Crippen molar-refractivity contribution in [3.05, 3.63) is 69.9 Å². The fourth-order valence-corrected chi connectivity index (χ4v) is 3.40. The van der Waals surface area contributed by atoms with Crippen LogP contribution in [0.4, 0.5) is 0 Å². The maximum Gasteiger partial charge on any atom is 0.191 e. The normalized spacial score (nSPS) is 12.3. The summed E-state index contributed by atoms with van der Waals surface area (Å²) in [5.74, 6) is 2.97. The summed E-state index contributed by atoms with van der Waals surface area (Å²) in [5, 5.41) is 19.5. The first-order valence-corrected chi connectivity index (χ1v) is 10.0. The first-order chi connectivity index (χ1) is 13.1. The summed E-state index contributed by atoms with van der Waals surface area (Å²) in [4.78, 5) is 4.74. The number of guanidine groups is 1. The van der Waals surface area contributed by atoms with Crippen LogP contribution in [-0.2, 0) is 20.1 Å². The van der Waals surface area contributed by atoms with E-state index in [0.717, 1.165) is 24.2 Å². The zero-order chi connectivity index (χ0) is 19.1. The Morgan fingerprint density at radius 3 is 2.61 bits per heavy atom. The van der Waals surface area contributed by atoms with Crippen LogP contribution in [0.1, 0.15) is 35.6 Å². The number of hydrogen-bond donors (Lipinski definition) is 2. The Bertz CT molecular complexity index is 860. The number of hydrogen-bond acceptors (Lipinski definition) is 4. The van der Waals surface area contributed by atoms with Gasteiger partial charge in [0.05, 0.1) is 13.1 Å². The smallest absolute Gasteiger partial charge is 0.191 e. The minimum atomic E-state index is 0. The van der Waals surface area contributed by atoms with Gasteiger partial charge in [0.1, 0.15) is 5.82 Å². The van der Waals surface area contributed by atoms with Crippen LogP contribution in [0.5, 0.6) is 0 Å². The van der Waals surface area contributed by atoms with Gasteiger partial charge in [-0.3, -0.25) is 0 Å². The fraction of sp³-hybridized carbons (Fsp3) is 0.350. The number of aryl methyl sites for hydroxylation is 1. The van der Waals surface area contributed by atoms with Crippen molar-refractivity contribution < 1.29 is 0 Å². The van der Waals surface area contributed by atoms with Crippen molar-refractivity contribution in [1.29, 1.82) is 0 Å². The van der Waals surface area contributed by atoms with E-state index in [2.05, 4.69) is 56.7 Å². The predicted molar refractivity (Wildman–Crippen MR) is 126 cm³/mol. The third kappa shape index (κ3) is 6.30. The maximum absolute atomic E-state index is 4.74. The SMILES string of the molecule is Cc1nnc(CNC(=NCc2ccccc2)NCC(C)c2ccsc2)n1C.I. The van der Waals surface area contributed by atoms with Crippen LogP contribution in [0.3, 0.4) is 0 Å². The highest BCUT2D eigenvalue weighted by Gasteiger charge is 2.09. The number of aromatic nitrogens is 3. The molecule has 0 radical (unpaired) electrons. The van der Waals surface area contributed by atoms with Crippen LogP contribution in [0, 0.1) is 6.92 Å². The summed E-state index contributed by atoms with van der Waals surface area (Å²) >= 11 is 1.73. The fourth-order valence-electron chi connectivity index (χ4n) is 2.62. The second kappa shape index (κ2) is 11.2. The van der Waals surface area contributed by atoms with Crippen LogP contribution in [0.2, 0.25) is 0 Å². The van der Waals surface area contributed by atoms with E-state index in [1.165, 1.54) is 11.1 Å². The van der Waals surface area contributed by atoms with Crippen molar-refractivity contribution >= 4 is 41.3 Å². The minimum Gasteiger partial charge on any atom is -0.356 e. The Balaban J connectivity index is 0.00000280. The van der Waals surface area contributed by atoms with Gasteiger partial charge in [-0.25, -0.2) is 4.99 Å². The highest BCUT2D eigenvalue weighted by atomic mass is 127. The summed E-state index contributed by atoms with van der Waals surface area (Å²) in [6.45, 7) is 6.18. The number of thiophene rings is 1.